The summed E-state index contributed by atoms with van der Waals surface area (Å²) in [6, 6.07) is 18.6. The molecule has 0 saturated carbocycles. The largest absolute Gasteiger partial charge is 0.493 e. The van der Waals surface area contributed by atoms with Crippen molar-refractivity contribution in [3.63, 3.8) is 0 Å². The number of nitrogens with zero attached hydrogens (tertiary/aromatic N) is 6. The average molecular weight is 686 g/mol. The van der Waals surface area contributed by atoms with Crippen LogP contribution >= 0.6 is 0 Å². The highest BCUT2D eigenvalue weighted by molar-refractivity contribution is 5.85. The van der Waals surface area contributed by atoms with E-state index in [0.717, 1.165) is 11.1 Å². The Kier molecular flexibility index (Phi) is 11.0. The second-order valence-corrected chi connectivity index (χ2v) is 12.5. The molecule has 0 unspecified atom stereocenters. The van der Waals surface area contributed by atoms with E-state index < -0.39 is 6.10 Å². The van der Waals surface area contributed by atoms with E-state index in [1.54, 1.807) is 31.2 Å². The van der Waals surface area contributed by atoms with Gasteiger partial charge >= 0.3 is 0 Å². The van der Waals surface area contributed by atoms with Crippen LogP contribution in [0.1, 0.15) is 36.8 Å². The molecule has 1 aromatic heterocycles. The Hall–Kier alpha value is -5.37. The summed E-state index contributed by atoms with van der Waals surface area (Å²) < 4.78 is 31.4. The molecular weight excluding hydrogens is 645 g/mol. The Morgan fingerprint density at radius 3 is 2.72 bits per heavy atom. The number of piperidine rings is 1. The maximum absolute atomic E-state index is 13.3. The van der Waals surface area contributed by atoms with E-state index in [-0.39, 0.29) is 62.1 Å². The molecule has 4 aromatic rings. The van der Waals surface area contributed by atoms with Gasteiger partial charge in [-0.2, -0.15) is 4.80 Å². The molecule has 13 nitrogen and oxygen atoms in total. The molecule has 4 heterocycles. The summed E-state index contributed by atoms with van der Waals surface area (Å²) in [5, 5.41) is 15.5. The first kappa shape index (κ1) is 34.5. The summed E-state index contributed by atoms with van der Waals surface area (Å²) in [4.78, 5) is 44.0. The third-order valence-electron chi connectivity index (χ3n) is 8.81. The summed E-state index contributed by atoms with van der Waals surface area (Å²) >= 11 is 0. The van der Waals surface area contributed by atoms with Gasteiger partial charge in [0.1, 0.15) is 11.6 Å². The van der Waals surface area contributed by atoms with Crippen molar-refractivity contribution >= 4 is 17.7 Å². The van der Waals surface area contributed by atoms with Gasteiger partial charge in [-0.15, -0.1) is 10.2 Å². The van der Waals surface area contributed by atoms with Crippen molar-refractivity contribution in [1.82, 2.24) is 35.3 Å². The standard InChI is InChI=1S/C36H40FN7O6/c1-42-22-33(45)38-29-16-18-43(35(47)7-4-17-44-40-36(39-41-44)26-10-12-27(37)13-11-26)21-32(29)49-23-25-5-3-6-28(19-25)50-30-14-8-24(9-15-34(42)46)20-31(30)48-2/h3,5-6,8,10-14,19-20,29,32H,4,7,9,15-18,21-23H2,1-2H3,(H,38,45)/t29-,32-/m0/s1. The zero-order valence-corrected chi connectivity index (χ0v) is 28.1. The van der Waals surface area contributed by atoms with Crippen molar-refractivity contribution in [2.45, 2.75) is 57.4 Å². The molecule has 1 fully saturated rings. The van der Waals surface area contributed by atoms with Gasteiger partial charge in [-0.3, -0.25) is 14.4 Å². The zero-order chi connectivity index (χ0) is 35.0. The highest BCUT2D eigenvalue weighted by Gasteiger charge is 2.33. The lowest BCUT2D eigenvalue weighted by Crippen LogP contribution is -2.57. The van der Waals surface area contributed by atoms with Gasteiger partial charge in [-0.25, -0.2) is 4.39 Å². The van der Waals surface area contributed by atoms with Crippen LogP contribution in [0.25, 0.3) is 11.4 Å². The minimum Gasteiger partial charge on any atom is -0.493 e. The Morgan fingerprint density at radius 2 is 1.90 bits per heavy atom. The van der Waals surface area contributed by atoms with Crippen LogP contribution in [0, 0.1) is 5.82 Å². The number of carbonyl (C=O) groups is 3. The van der Waals surface area contributed by atoms with E-state index in [0.29, 0.717) is 61.0 Å². The highest BCUT2D eigenvalue weighted by Crippen LogP contribution is 2.33. The smallest absolute Gasteiger partial charge is 0.239 e. The SMILES string of the molecule is COc1cc2ccc1Oc1cccc(c1)CO[C@H]1CN(C(=O)CCCn3nnc(-c4ccc(F)cc4)n3)CC[C@@H]1NC(=O)CN(C)C(=O)CC2. The van der Waals surface area contributed by atoms with Crippen LogP contribution in [0.4, 0.5) is 4.39 Å². The monoisotopic (exact) mass is 685 g/mol. The number of likely N-dealkylation sites (N-methyl/N-ethyl adjacent to an activating group) is 1. The Balaban J connectivity index is 1.12. The number of carbonyl (C=O) groups excluding carboxylic acids is 3. The number of ether oxygens (including phenoxy) is 3. The van der Waals surface area contributed by atoms with Crippen molar-refractivity contribution in [2.75, 3.05) is 33.8 Å². The molecule has 3 aromatic carbocycles. The number of aromatic nitrogens is 4. The molecule has 2 atom stereocenters. The third-order valence-corrected chi connectivity index (χ3v) is 8.81. The van der Waals surface area contributed by atoms with Crippen LogP contribution in [0.5, 0.6) is 17.2 Å². The second-order valence-electron chi connectivity index (χ2n) is 12.5. The van der Waals surface area contributed by atoms with Gasteiger partial charge < -0.3 is 29.3 Å². The first-order valence-corrected chi connectivity index (χ1v) is 16.6. The van der Waals surface area contributed by atoms with Crippen molar-refractivity contribution < 1.29 is 33.0 Å². The molecule has 1 N–H and O–H groups in total. The lowest BCUT2D eigenvalue weighted by Gasteiger charge is -2.39. The number of tetrazole rings is 1. The third kappa shape index (κ3) is 8.80. The molecule has 14 heteroatoms. The van der Waals surface area contributed by atoms with Crippen LogP contribution in [-0.4, -0.2) is 93.7 Å². The molecule has 3 aliphatic heterocycles. The number of likely N-dealkylation sites (tertiary alicyclic amines) is 1. The quantitative estimate of drug-likeness (QED) is 0.321. The van der Waals surface area contributed by atoms with Crippen LogP contribution in [0.3, 0.4) is 0 Å². The predicted molar refractivity (Wildman–Crippen MR) is 180 cm³/mol. The topological polar surface area (TPSA) is 141 Å². The van der Waals surface area contributed by atoms with Crippen LogP contribution in [-0.2, 0) is 38.7 Å². The number of nitrogens with one attached hydrogen (secondary N) is 1. The molecule has 50 heavy (non-hydrogen) atoms. The summed E-state index contributed by atoms with van der Waals surface area (Å²) in [5.74, 6) is 1.22. The van der Waals surface area contributed by atoms with Gasteiger partial charge in [0.15, 0.2) is 11.5 Å². The van der Waals surface area contributed by atoms with Gasteiger partial charge in [0, 0.05) is 38.5 Å². The molecule has 0 radical (unpaired) electrons. The highest BCUT2D eigenvalue weighted by atomic mass is 19.1. The van der Waals surface area contributed by atoms with Crippen molar-refractivity contribution in [3.05, 3.63) is 83.7 Å². The molecular formula is C36H40FN7O6. The van der Waals surface area contributed by atoms with Crippen molar-refractivity contribution in [1.29, 1.82) is 0 Å². The molecule has 3 amide bonds. The molecule has 7 rings (SSSR count). The Labute approximate surface area is 289 Å². The van der Waals surface area contributed by atoms with Gasteiger partial charge in [0.2, 0.25) is 23.5 Å². The fourth-order valence-corrected chi connectivity index (χ4v) is 6.04. The van der Waals surface area contributed by atoms with Gasteiger partial charge in [0.05, 0.1) is 39.0 Å². The lowest BCUT2D eigenvalue weighted by atomic mass is 10.0. The molecule has 1 saturated heterocycles. The number of rotatable bonds is 6. The van der Waals surface area contributed by atoms with E-state index in [1.807, 2.05) is 42.5 Å². The first-order chi connectivity index (χ1) is 24.2. The van der Waals surface area contributed by atoms with Crippen LogP contribution in [0.15, 0.2) is 66.7 Å². The van der Waals surface area contributed by atoms with Crippen molar-refractivity contribution in [2.24, 2.45) is 0 Å². The van der Waals surface area contributed by atoms with Crippen LogP contribution in [0.2, 0.25) is 0 Å². The van der Waals surface area contributed by atoms with E-state index in [4.69, 9.17) is 14.2 Å². The fraction of sp³-hybridized carbons (Fsp3) is 0.389. The molecule has 0 spiro atoms. The van der Waals surface area contributed by atoms with E-state index in [9.17, 15) is 18.8 Å². The number of fused-ring (bicyclic) bond motifs is 9. The van der Waals surface area contributed by atoms with E-state index in [1.165, 1.54) is 21.8 Å². The minimum absolute atomic E-state index is 0.0479. The summed E-state index contributed by atoms with van der Waals surface area (Å²) in [7, 11) is 3.18. The van der Waals surface area contributed by atoms with Gasteiger partial charge in [0.25, 0.3) is 0 Å². The molecule has 3 aliphatic rings. The number of halogens is 1. The van der Waals surface area contributed by atoms with Gasteiger partial charge in [-0.05, 0) is 84.1 Å². The molecule has 4 bridgehead atoms. The van der Waals surface area contributed by atoms with E-state index >= 15 is 0 Å². The Morgan fingerprint density at radius 1 is 1.06 bits per heavy atom. The Bertz CT molecular complexity index is 1820. The number of methoxy groups -OCH3 is 1. The minimum atomic E-state index is -0.494. The number of amides is 3. The van der Waals surface area contributed by atoms with Crippen LogP contribution < -0.4 is 14.8 Å². The average Bonchev–Trinajstić information content (AvgIpc) is 3.59. The number of benzene rings is 3. The summed E-state index contributed by atoms with van der Waals surface area (Å²) in [5.41, 5.74) is 2.42. The normalized spacial score (nSPS) is 18.7. The summed E-state index contributed by atoms with van der Waals surface area (Å²) in [6.07, 6.45) is 1.44. The maximum atomic E-state index is 13.3. The molecule has 0 aliphatic carbocycles. The maximum Gasteiger partial charge on any atom is 0.239 e. The number of aryl methyl sites for hydroxylation is 2. The van der Waals surface area contributed by atoms with Crippen molar-refractivity contribution in [3.8, 4) is 28.6 Å². The lowest BCUT2D eigenvalue weighted by molar-refractivity contribution is -0.139. The second kappa shape index (κ2) is 15.9. The molecule has 262 valence electrons. The predicted octanol–water partition coefficient (Wildman–Crippen LogP) is 3.77. The summed E-state index contributed by atoms with van der Waals surface area (Å²) in [6.45, 7) is 1.24. The van der Waals surface area contributed by atoms with E-state index in [2.05, 4.69) is 20.7 Å². The van der Waals surface area contributed by atoms with Gasteiger partial charge in [-0.1, -0.05) is 18.2 Å². The fourth-order valence-electron chi connectivity index (χ4n) is 6.04. The number of hydrogen-bond acceptors (Lipinski definition) is 9. The number of hydrogen-bond donors (Lipinski definition) is 1. The zero-order valence-electron chi connectivity index (χ0n) is 28.1. The first-order valence-electron chi connectivity index (χ1n) is 16.6.